The third-order valence-corrected chi connectivity index (χ3v) is 5.66. The first-order chi connectivity index (χ1) is 17.1. The summed E-state index contributed by atoms with van der Waals surface area (Å²) in [6, 6.07) is 0.818. The van der Waals surface area contributed by atoms with Gasteiger partial charge in [-0.05, 0) is 0 Å². The lowest BCUT2D eigenvalue weighted by molar-refractivity contribution is -0.407. The van der Waals surface area contributed by atoms with Gasteiger partial charge in [0.25, 0.3) is 11.4 Å². The van der Waals surface area contributed by atoms with Crippen LogP contribution in [-0.4, -0.2) is 55.5 Å². The molecule has 2 aromatic carbocycles. The van der Waals surface area contributed by atoms with Crippen molar-refractivity contribution in [2.24, 2.45) is 0 Å². The van der Waals surface area contributed by atoms with E-state index >= 15 is 0 Å². The average Bonchev–Trinajstić information content (AvgIpc) is 2.75. The summed E-state index contributed by atoms with van der Waals surface area (Å²) < 4.78 is 61.3. The second-order valence-electron chi connectivity index (χ2n) is 6.12. The highest BCUT2D eigenvalue weighted by Gasteiger charge is 2.39. The minimum absolute atomic E-state index is 0.204. The van der Waals surface area contributed by atoms with Gasteiger partial charge in [0.1, 0.15) is 0 Å². The van der Waals surface area contributed by atoms with Crippen LogP contribution >= 0.6 is 0 Å². The van der Waals surface area contributed by atoms with E-state index in [4.69, 9.17) is 9.11 Å². The molecule has 0 radical (unpaired) electrons. The molecule has 0 atom stereocenters. The van der Waals surface area contributed by atoms with Gasteiger partial charge in [0.05, 0.1) is 53.8 Å². The molecule has 204 valence electrons. The number of nitrogens with zero attached hydrogens (tertiary/aromatic N) is 6. The zero-order valence-corrected chi connectivity index (χ0v) is 18.9. The predicted molar refractivity (Wildman–Crippen MR) is 112 cm³/mol. The number of hydrogen-bond donors (Lipinski definition) is 2. The van der Waals surface area contributed by atoms with Crippen LogP contribution < -0.4 is 0 Å². The molecule has 0 unspecified atom stereocenters. The van der Waals surface area contributed by atoms with E-state index in [9.17, 15) is 77.5 Å². The van der Waals surface area contributed by atoms with E-state index < -0.39 is 93.7 Å². The van der Waals surface area contributed by atoms with Crippen molar-refractivity contribution < 1.29 is 55.5 Å². The van der Waals surface area contributed by atoms with E-state index in [1.807, 2.05) is 0 Å². The van der Waals surface area contributed by atoms with Crippen molar-refractivity contribution in [3.05, 3.63) is 85.0 Å². The maximum Gasteiger partial charge on any atom is 0.308 e. The van der Waals surface area contributed by atoms with Crippen molar-refractivity contribution >= 4 is 54.4 Å². The van der Waals surface area contributed by atoms with Gasteiger partial charge in [-0.25, -0.2) is 0 Å². The van der Waals surface area contributed by atoms with Crippen molar-refractivity contribution in [2.45, 2.75) is 9.79 Å². The molecular formula is C12H6N6O18S2. The van der Waals surface area contributed by atoms with Crippen LogP contribution in [0.2, 0.25) is 0 Å². The third kappa shape index (κ3) is 6.87. The SMILES string of the molecule is O=[N+]([O-])c1cc([N+](=O)[O-])c(S(=O)(=O)O)c([N+](=O)[O-])c1.O=[N+]([O-])c1cc([N+](=O)[O-])c(S(=O)(=O)O)c([N+](=O)[O-])c1. The molecule has 2 N–H and O–H groups in total. The molecular weight excluding hydrogens is 580 g/mol. The van der Waals surface area contributed by atoms with Crippen LogP contribution in [0, 0.1) is 60.7 Å². The first-order valence-corrected chi connectivity index (χ1v) is 11.2. The van der Waals surface area contributed by atoms with E-state index in [-0.39, 0.29) is 24.3 Å². The Labute approximate surface area is 205 Å². The number of hydrogen-bond acceptors (Lipinski definition) is 16. The molecule has 0 spiro atoms. The molecule has 0 aliphatic heterocycles. The number of benzene rings is 2. The van der Waals surface area contributed by atoms with Gasteiger partial charge in [0.15, 0.2) is 0 Å². The van der Waals surface area contributed by atoms with Gasteiger partial charge in [0, 0.05) is 0 Å². The molecule has 0 fully saturated rings. The second kappa shape index (κ2) is 10.7. The fraction of sp³-hybridized carbons (Fsp3) is 0. The smallest absolute Gasteiger partial charge is 0.281 e. The van der Waals surface area contributed by atoms with E-state index in [0.717, 1.165) is 0 Å². The number of nitro groups is 6. The van der Waals surface area contributed by atoms with Crippen molar-refractivity contribution in [3.63, 3.8) is 0 Å². The summed E-state index contributed by atoms with van der Waals surface area (Å²) in [6.45, 7) is 0. The maximum atomic E-state index is 10.9. The summed E-state index contributed by atoms with van der Waals surface area (Å²) in [5.74, 6) is 0. The molecule has 0 aromatic heterocycles. The maximum absolute atomic E-state index is 10.9. The van der Waals surface area contributed by atoms with Gasteiger partial charge in [-0.2, -0.15) is 16.8 Å². The molecule has 0 bridgehead atoms. The summed E-state index contributed by atoms with van der Waals surface area (Å²) in [6.07, 6.45) is 0. The standard InChI is InChI=1S/2C6H3N3O9S/c2*10-7(11)3-1-4(8(12)13)6(19(16,17)18)5(2-3)9(14)15/h2*1-2H,(H,16,17,18). The molecule has 0 aliphatic carbocycles. The van der Waals surface area contributed by atoms with Crippen molar-refractivity contribution in [3.8, 4) is 0 Å². The molecule has 2 rings (SSSR count). The highest BCUT2D eigenvalue weighted by Crippen LogP contribution is 2.38. The fourth-order valence-corrected chi connectivity index (χ4v) is 4.04. The van der Waals surface area contributed by atoms with Gasteiger partial charge in [-0.3, -0.25) is 69.8 Å². The Kier molecular flexibility index (Phi) is 8.67. The van der Waals surface area contributed by atoms with Gasteiger partial charge < -0.3 is 0 Å². The Hall–Kier alpha value is -5.34. The molecule has 0 saturated carbocycles. The van der Waals surface area contributed by atoms with Crippen LogP contribution in [0.4, 0.5) is 34.1 Å². The highest BCUT2D eigenvalue weighted by atomic mass is 32.2. The summed E-state index contributed by atoms with van der Waals surface area (Å²) in [5, 5.41) is 63.3. The van der Waals surface area contributed by atoms with Crippen molar-refractivity contribution in [2.75, 3.05) is 0 Å². The fourth-order valence-electron chi connectivity index (χ4n) is 2.45. The average molecular weight is 586 g/mol. The molecule has 0 saturated heterocycles. The molecule has 0 heterocycles. The largest absolute Gasteiger partial charge is 0.308 e. The zero-order chi connectivity index (χ0) is 29.9. The molecule has 38 heavy (non-hydrogen) atoms. The quantitative estimate of drug-likeness (QED) is 0.250. The number of non-ortho nitro benzene ring substituents is 2. The molecule has 24 nitrogen and oxygen atoms in total. The van der Waals surface area contributed by atoms with E-state index in [1.165, 1.54) is 0 Å². The number of nitro benzene ring substituents is 6. The van der Waals surface area contributed by atoms with Gasteiger partial charge >= 0.3 is 43.0 Å². The third-order valence-electron chi connectivity index (χ3n) is 3.79. The Morgan fingerprint density at radius 1 is 0.447 bits per heavy atom. The van der Waals surface area contributed by atoms with Crippen LogP contribution in [0.15, 0.2) is 34.1 Å². The van der Waals surface area contributed by atoms with Crippen molar-refractivity contribution in [1.82, 2.24) is 0 Å². The molecule has 26 heteroatoms. The molecule has 0 aliphatic rings. The Morgan fingerprint density at radius 2 is 0.632 bits per heavy atom. The topological polar surface area (TPSA) is 368 Å². The second-order valence-corrected chi connectivity index (χ2v) is 8.84. The monoisotopic (exact) mass is 586 g/mol. The summed E-state index contributed by atoms with van der Waals surface area (Å²) in [4.78, 5) is 52.2. The predicted octanol–water partition coefficient (Wildman–Crippen LogP) is 1.32. The van der Waals surface area contributed by atoms with Gasteiger partial charge in [-0.15, -0.1) is 0 Å². The Balaban J connectivity index is 0.000000380. The Bertz CT molecular complexity index is 1440. The number of rotatable bonds is 8. The normalized spacial score (nSPS) is 11.0. The highest BCUT2D eigenvalue weighted by molar-refractivity contribution is 7.86. The summed E-state index contributed by atoms with van der Waals surface area (Å²) in [5.41, 5.74) is -7.92. The summed E-state index contributed by atoms with van der Waals surface area (Å²) >= 11 is 0. The van der Waals surface area contributed by atoms with E-state index in [2.05, 4.69) is 0 Å². The first kappa shape index (κ1) is 30.7. The van der Waals surface area contributed by atoms with E-state index in [0.29, 0.717) is 0 Å². The van der Waals surface area contributed by atoms with Crippen molar-refractivity contribution in [1.29, 1.82) is 0 Å². The molecule has 0 amide bonds. The lowest BCUT2D eigenvalue weighted by atomic mass is 10.2. The van der Waals surface area contributed by atoms with Gasteiger partial charge in [0.2, 0.25) is 9.79 Å². The summed E-state index contributed by atoms with van der Waals surface area (Å²) in [7, 11) is -10.6. The first-order valence-electron chi connectivity index (χ1n) is 8.28. The van der Waals surface area contributed by atoms with Crippen LogP contribution in [0.25, 0.3) is 0 Å². The Morgan fingerprint density at radius 3 is 0.737 bits per heavy atom. The van der Waals surface area contributed by atoms with Crippen LogP contribution in [0.1, 0.15) is 0 Å². The van der Waals surface area contributed by atoms with Crippen LogP contribution in [0.3, 0.4) is 0 Å². The van der Waals surface area contributed by atoms with Crippen LogP contribution in [-0.2, 0) is 20.2 Å². The minimum atomic E-state index is -5.30. The van der Waals surface area contributed by atoms with E-state index in [1.54, 1.807) is 0 Å². The lowest BCUT2D eigenvalue weighted by Crippen LogP contribution is -2.08. The van der Waals surface area contributed by atoms with Crippen LogP contribution in [0.5, 0.6) is 0 Å². The zero-order valence-electron chi connectivity index (χ0n) is 17.2. The van der Waals surface area contributed by atoms with Gasteiger partial charge in [-0.1, -0.05) is 0 Å². The molecule has 2 aromatic rings. The lowest BCUT2D eigenvalue weighted by Gasteiger charge is -2.01. The minimum Gasteiger partial charge on any atom is -0.281 e.